The molecule has 0 amide bonds. The molecule has 138 valence electrons. The van der Waals surface area contributed by atoms with Crippen LogP contribution in [0.1, 0.15) is 0 Å². The third kappa shape index (κ3) is 3.63. The van der Waals surface area contributed by atoms with Crippen molar-refractivity contribution in [2.75, 3.05) is 0 Å². The second-order valence-electron chi connectivity index (χ2n) is 6.13. The third-order valence-corrected chi connectivity index (χ3v) is 4.81. The number of rotatable bonds is 4. The van der Waals surface area contributed by atoms with Gasteiger partial charge in [0.1, 0.15) is 5.82 Å². The van der Waals surface area contributed by atoms with Gasteiger partial charge in [-0.2, -0.15) is 0 Å². The highest BCUT2D eigenvalue weighted by Crippen LogP contribution is 2.34. The lowest BCUT2D eigenvalue weighted by Gasteiger charge is -2.03. The summed E-state index contributed by atoms with van der Waals surface area (Å²) >= 11 is 12.0. The van der Waals surface area contributed by atoms with Crippen LogP contribution in [-0.2, 0) is 0 Å². The number of non-ortho nitro benzene ring substituents is 1. The van der Waals surface area contributed by atoms with Crippen molar-refractivity contribution in [1.82, 2.24) is 9.97 Å². The van der Waals surface area contributed by atoms with Gasteiger partial charge >= 0.3 is 0 Å². The monoisotopic (exact) mass is 409 g/mol. The maximum Gasteiger partial charge on any atom is 0.269 e. The predicted molar refractivity (Wildman–Crippen MR) is 112 cm³/mol. The van der Waals surface area contributed by atoms with E-state index in [2.05, 4.69) is 4.98 Å². The fraction of sp³-hybridized carbons (Fsp3) is 0. The maximum atomic E-state index is 10.9. The van der Waals surface area contributed by atoms with Crippen LogP contribution in [0.4, 0.5) is 5.69 Å². The second-order valence-corrected chi connectivity index (χ2v) is 7.00. The van der Waals surface area contributed by atoms with Crippen molar-refractivity contribution < 1.29 is 4.92 Å². The number of nitro benzene ring substituents is 1. The van der Waals surface area contributed by atoms with Gasteiger partial charge < -0.3 is 4.98 Å². The standard InChI is InChI=1S/C21H13Cl2N3O2/c22-16-7-1-13(2-8-16)19-20(14-3-9-17(23)10-4-14)25-21(24-19)15-5-11-18(12-6-15)26(27)28/h1-12H,(H,24,25). The lowest BCUT2D eigenvalue weighted by Crippen LogP contribution is -1.87. The van der Waals surface area contributed by atoms with Gasteiger partial charge in [0.25, 0.3) is 5.69 Å². The Balaban J connectivity index is 1.84. The van der Waals surface area contributed by atoms with Crippen molar-refractivity contribution in [2.24, 2.45) is 0 Å². The molecule has 0 bridgehead atoms. The molecule has 0 saturated heterocycles. The summed E-state index contributed by atoms with van der Waals surface area (Å²) in [5.74, 6) is 0.616. The molecule has 0 unspecified atom stereocenters. The largest absolute Gasteiger partial charge is 0.337 e. The SMILES string of the molecule is O=[N+]([O-])c1ccc(-c2nc(-c3ccc(Cl)cc3)c(-c3ccc(Cl)cc3)[nH]2)cc1. The molecule has 1 heterocycles. The number of hydrogen-bond acceptors (Lipinski definition) is 3. The highest BCUT2D eigenvalue weighted by Gasteiger charge is 2.16. The quantitative estimate of drug-likeness (QED) is 0.303. The van der Waals surface area contributed by atoms with E-state index in [9.17, 15) is 10.1 Å². The van der Waals surface area contributed by atoms with Crippen molar-refractivity contribution >= 4 is 28.9 Å². The summed E-state index contributed by atoms with van der Waals surface area (Å²) in [6.07, 6.45) is 0. The van der Waals surface area contributed by atoms with Crippen molar-refractivity contribution in [3.8, 4) is 33.9 Å². The van der Waals surface area contributed by atoms with Crippen LogP contribution in [0, 0.1) is 10.1 Å². The van der Waals surface area contributed by atoms with Gasteiger partial charge in [-0.15, -0.1) is 0 Å². The summed E-state index contributed by atoms with van der Waals surface area (Å²) in [6, 6.07) is 21.1. The van der Waals surface area contributed by atoms with E-state index in [0.29, 0.717) is 15.9 Å². The zero-order valence-corrected chi connectivity index (χ0v) is 15.9. The molecule has 0 aliphatic heterocycles. The first kappa shape index (κ1) is 18.2. The molecule has 0 radical (unpaired) electrons. The Hall–Kier alpha value is -3.15. The molecular weight excluding hydrogens is 397 g/mol. The van der Waals surface area contributed by atoms with Gasteiger partial charge in [-0.25, -0.2) is 4.98 Å². The number of aromatic amines is 1. The van der Waals surface area contributed by atoms with Crippen LogP contribution in [0.3, 0.4) is 0 Å². The van der Waals surface area contributed by atoms with Gasteiger partial charge in [0.05, 0.1) is 16.3 Å². The molecule has 1 aromatic heterocycles. The van der Waals surface area contributed by atoms with Crippen molar-refractivity contribution in [3.63, 3.8) is 0 Å². The molecule has 7 heteroatoms. The number of hydrogen-bond donors (Lipinski definition) is 1. The van der Waals surface area contributed by atoms with E-state index in [1.807, 2.05) is 48.5 Å². The van der Waals surface area contributed by atoms with Gasteiger partial charge in [0.2, 0.25) is 0 Å². The Labute approximate surface area is 170 Å². The molecular formula is C21H13Cl2N3O2. The Morgan fingerprint density at radius 2 is 1.25 bits per heavy atom. The van der Waals surface area contributed by atoms with Crippen LogP contribution in [0.5, 0.6) is 0 Å². The number of benzene rings is 3. The first-order valence-electron chi connectivity index (χ1n) is 8.38. The fourth-order valence-electron chi connectivity index (χ4n) is 2.89. The number of H-pyrrole nitrogens is 1. The summed E-state index contributed by atoms with van der Waals surface area (Å²) in [6.45, 7) is 0. The molecule has 28 heavy (non-hydrogen) atoms. The minimum absolute atomic E-state index is 0.0335. The van der Waals surface area contributed by atoms with Crippen LogP contribution in [0.2, 0.25) is 10.0 Å². The Kier molecular flexibility index (Phi) is 4.86. The highest BCUT2D eigenvalue weighted by atomic mass is 35.5. The van der Waals surface area contributed by atoms with Crippen molar-refractivity contribution in [2.45, 2.75) is 0 Å². The molecule has 4 aromatic rings. The Morgan fingerprint density at radius 1 is 0.750 bits per heavy atom. The predicted octanol–water partition coefficient (Wildman–Crippen LogP) is 6.63. The molecule has 0 spiro atoms. The van der Waals surface area contributed by atoms with Crippen LogP contribution in [0.25, 0.3) is 33.9 Å². The zero-order valence-electron chi connectivity index (χ0n) is 14.4. The Bertz CT molecular complexity index is 1070. The average molecular weight is 410 g/mol. The normalized spacial score (nSPS) is 10.8. The third-order valence-electron chi connectivity index (χ3n) is 4.31. The molecule has 1 N–H and O–H groups in total. The molecule has 0 saturated carbocycles. The van der Waals surface area contributed by atoms with Gasteiger partial charge in [-0.1, -0.05) is 47.5 Å². The molecule has 0 atom stereocenters. The number of nitrogens with zero attached hydrogens (tertiary/aromatic N) is 2. The molecule has 3 aromatic carbocycles. The van der Waals surface area contributed by atoms with Crippen LogP contribution in [0.15, 0.2) is 72.8 Å². The first-order valence-corrected chi connectivity index (χ1v) is 9.13. The Morgan fingerprint density at radius 3 is 1.79 bits per heavy atom. The number of nitro groups is 1. The fourth-order valence-corrected chi connectivity index (χ4v) is 3.15. The van der Waals surface area contributed by atoms with E-state index >= 15 is 0 Å². The molecule has 4 rings (SSSR count). The van der Waals surface area contributed by atoms with Crippen molar-refractivity contribution in [1.29, 1.82) is 0 Å². The number of imidazole rings is 1. The molecule has 0 aliphatic carbocycles. The van der Waals surface area contributed by atoms with Gasteiger partial charge in [0.15, 0.2) is 0 Å². The highest BCUT2D eigenvalue weighted by molar-refractivity contribution is 6.31. The summed E-state index contributed by atoms with van der Waals surface area (Å²) in [4.78, 5) is 18.6. The van der Waals surface area contributed by atoms with Gasteiger partial charge in [-0.05, 0) is 36.4 Å². The summed E-state index contributed by atoms with van der Waals surface area (Å²) in [7, 11) is 0. The molecule has 5 nitrogen and oxygen atoms in total. The average Bonchev–Trinajstić information content (AvgIpc) is 3.14. The van der Waals surface area contributed by atoms with E-state index in [-0.39, 0.29) is 5.69 Å². The topological polar surface area (TPSA) is 71.8 Å². The van der Waals surface area contributed by atoms with Crippen LogP contribution < -0.4 is 0 Å². The van der Waals surface area contributed by atoms with Gasteiger partial charge in [-0.3, -0.25) is 10.1 Å². The van der Waals surface area contributed by atoms with E-state index in [0.717, 1.165) is 28.1 Å². The molecule has 0 fully saturated rings. The van der Waals surface area contributed by atoms with E-state index < -0.39 is 4.92 Å². The first-order chi connectivity index (χ1) is 13.5. The number of halogens is 2. The number of nitrogens with one attached hydrogen (secondary N) is 1. The molecule has 0 aliphatic rings. The second kappa shape index (κ2) is 7.46. The maximum absolute atomic E-state index is 10.9. The van der Waals surface area contributed by atoms with E-state index in [1.165, 1.54) is 12.1 Å². The summed E-state index contributed by atoms with van der Waals surface area (Å²) in [5, 5.41) is 12.2. The number of aromatic nitrogens is 2. The summed E-state index contributed by atoms with van der Waals surface area (Å²) < 4.78 is 0. The van der Waals surface area contributed by atoms with Crippen molar-refractivity contribution in [3.05, 3.63) is 93.0 Å². The van der Waals surface area contributed by atoms with E-state index in [1.54, 1.807) is 12.1 Å². The smallest absolute Gasteiger partial charge is 0.269 e. The minimum Gasteiger partial charge on any atom is -0.337 e. The lowest BCUT2D eigenvalue weighted by atomic mass is 10.1. The van der Waals surface area contributed by atoms with Crippen LogP contribution in [-0.4, -0.2) is 14.9 Å². The van der Waals surface area contributed by atoms with Crippen LogP contribution >= 0.6 is 23.2 Å². The minimum atomic E-state index is -0.426. The lowest BCUT2D eigenvalue weighted by molar-refractivity contribution is -0.384. The van der Waals surface area contributed by atoms with Gasteiger partial charge in [0, 0.05) is 38.9 Å². The summed E-state index contributed by atoms with van der Waals surface area (Å²) in [5.41, 5.74) is 4.20. The zero-order chi connectivity index (χ0) is 19.7. The van der Waals surface area contributed by atoms with E-state index in [4.69, 9.17) is 28.2 Å².